The molecule has 0 unspecified atom stereocenters. The third-order valence-corrected chi connectivity index (χ3v) is 4.29. The summed E-state index contributed by atoms with van der Waals surface area (Å²) >= 11 is 0. The van der Waals surface area contributed by atoms with Gasteiger partial charge in [-0.15, -0.1) is 0 Å². The number of hydrogen-bond acceptors (Lipinski definition) is 2. The molecule has 1 aromatic heterocycles. The maximum atomic E-state index is 13.0. The summed E-state index contributed by atoms with van der Waals surface area (Å²) in [5.74, 6) is -1.32. The van der Waals surface area contributed by atoms with E-state index in [1.807, 2.05) is 0 Å². The molecule has 0 fully saturated rings. The van der Waals surface area contributed by atoms with Gasteiger partial charge in [0.05, 0.1) is 16.7 Å². The Morgan fingerprint density at radius 3 is 2.07 bits per heavy atom. The van der Waals surface area contributed by atoms with Gasteiger partial charge in [-0.2, -0.15) is 26.3 Å². The van der Waals surface area contributed by atoms with Gasteiger partial charge in [-0.05, 0) is 35.9 Å². The molecule has 29 heavy (non-hydrogen) atoms. The molecule has 3 rings (SSSR count). The fourth-order valence-electron chi connectivity index (χ4n) is 3.09. The van der Waals surface area contributed by atoms with Crippen molar-refractivity contribution in [3.8, 4) is 0 Å². The van der Waals surface area contributed by atoms with Crippen molar-refractivity contribution in [3.63, 3.8) is 0 Å². The molecular formula is C19H11F6NO3. The number of aromatic nitrogens is 1. The summed E-state index contributed by atoms with van der Waals surface area (Å²) < 4.78 is 79.5. The van der Waals surface area contributed by atoms with Crippen LogP contribution in [0.5, 0.6) is 0 Å². The van der Waals surface area contributed by atoms with Crippen molar-refractivity contribution in [1.82, 2.24) is 4.57 Å². The molecule has 3 aromatic rings. The summed E-state index contributed by atoms with van der Waals surface area (Å²) in [4.78, 5) is 22.7. The number of alkyl halides is 6. The Morgan fingerprint density at radius 1 is 1.00 bits per heavy atom. The second-order valence-corrected chi connectivity index (χ2v) is 6.25. The second-order valence-electron chi connectivity index (χ2n) is 6.25. The molecule has 4 nitrogen and oxygen atoms in total. The van der Waals surface area contributed by atoms with Crippen LogP contribution in [-0.4, -0.2) is 21.9 Å². The van der Waals surface area contributed by atoms with Crippen molar-refractivity contribution in [2.75, 3.05) is 0 Å². The molecule has 10 heteroatoms. The van der Waals surface area contributed by atoms with E-state index in [1.165, 1.54) is 29.0 Å². The molecule has 0 atom stereocenters. The number of benzene rings is 2. The highest BCUT2D eigenvalue weighted by Crippen LogP contribution is 2.37. The summed E-state index contributed by atoms with van der Waals surface area (Å²) in [6, 6.07) is 5.23. The van der Waals surface area contributed by atoms with E-state index < -0.39 is 36.0 Å². The van der Waals surface area contributed by atoms with Crippen LogP contribution in [-0.2, 0) is 18.9 Å². The minimum absolute atomic E-state index is 0.0245. The predicted octanol–water partition coefficient (Wildman–Crippen LogP) is 5.24. The monoisotopic (exact) mass is 415 g/mol. The molecule has 1 N–H and O–H groups in total. The first-order chi connectivity index (χ1) is 13.4. The van der Waals surface area contributed by atoms with Crippen molar-refractivity contribution < 1.29 is 41.0 Å². The largest absolute Gasteiger partial charge is 0.478 e. The van der Waals surface area contributed by atoms with Crippen molar-refractivity contribution in [2.24, 2.45) is 0 Å². The van der Waals surface area contributed by atoms with E-state index in [2.05, 4.69) is 0 Å². The Kier molecular flexibility index (Phi) is 4.89. The number of fused-ring (bicyclic) bond motifs is 1. The van der Waals surface area contributed by atoms with Gasteiger partial charge in [0.15, 0.2) is 6.29 Å². The van der Waals surface area contributed by atoms with Crippen LogP contribution in [0.25, 0.3) is 10.9 Å². The number of hydrogen-bond donors (Lipinski definition) is 1. The standard InChI is InChI=1S/C19H11F6NO3/c20-18(21,22)12-4-10(5-13(6-12)19(23,24)25)7-26-8-11(9-27)16-14(17(28)29)2-1-3-15(16)26/h1-6,8-9H,7H2,(H,28,29). The Balaban J connectivity index is 2.18. The van der Waals surface area contributed by atoms with E-state index in [0.717, 1.165) is 0 Å². The van der Waals surface area contributed by atoms with Crippen molar-refractivity contribution in [1.29, 1.82) is 0 Å². The number of nitrogens with zero attached hydrogens (tertiary/aromatic N) is 1. The van der Waals surface area contributed by atoms with Crippen LogP contribution in [0.4, 0.5) is 26.3 Å². The fourth-order valence-corrected chi connectivity index (χ4v) is 3.09. The Morgan fingerprint density at radius 2 is 1.59 bits per heavy atom. The molecule has 0 spiro atoms. The molecule has 0 radical (unpaired) electrons. The van der Waals surface area contributed by atoms with Gasteiger partial charge in [0, 0.05) is 29.2 Å². The topological polar surface area (TPSA) is 59.3 Å². The van der Waals surface area contributed by atoms with E-state index in [0.29, 0.717) is 18.4 Å². The lowest BCUT2D eigenvalue weighted by molar-refractivity contribution is -0.143. The molecule has 0 saturated heterocycles. The van der Waals surface area contributed by atoms with E-state index in [-0.39, 0.29) is 33.7 Å². The molecule has 0 aliphatic carbocycles. The number of carboxylic acid groups (broad SMARTS) is 1. The first-order valence-corrected chi connectivity index (χ1v) is 8.00. The van der Waals surface area contributed by atoms with Gasteiger partial charge in [0.2, 0.25) is 0 Å². The number of carboxylic acids is 1. The summed E-state index contributed by atoms with van der Waals surface area (Å²) in [6.07, 6.45) is -8.41. The highest BCUT2D eigenvalue weighted by molar-refractivity contribution is 6.09. The van der Waals surface area contributed by atoms with Crippen LogP contribution in [0.15, 0.2) is 42.6 Å². The number of aromatic carboxylic acids is 1. The van der Waals surface area contributed by atoms with Gasteiger partial charge in [-0.1, -0.05) is 6.07 Å². The van der Waals surface area contributed by atoms with E-state index in [4.69, 9.17) is 0 Å². The summed E-state index contributed by atoms with van der Waals surface area (Å²) in [5.41, 5.74) is -3.27. The quantitative estimate of drug-likeness (QED) is 0.469. The summed E-state index contributed by atoms with van der Waals surface area (Å²) in [7, 11) is 0. The molecule has 0 aliphatic heterocycles. The average Bonchev–Trinajstić information content (AvgIpc) is 2.97. The fraction of sp³-hybridized carbons (Fsp3) is 0.158. The van der Waals surface area contributed by atoms with Crippen molar-refractivity contribution >= 4 is 23.2 Å². The van der Waals surface area contributed by atoms with E-state index in [9.17, 15) is 41.0 Å². The molecule has 0 saturated carbocycles. The minimum atomic E-state index is -4.99. The zero-order valence-corrected chi connectivity index (χ0v) is 14.3. The lowest BCUT2D eigenvalue weighted by atomic mass is 10.0. The molecule has 0 bridgehead atoms. The van der Waals surface area contributed by atoms with Crippen LogP contribution in [0, 0.1) is 0 Å². The maximum Gasteiger partial charge on any atom is 0.416 e. The molecule has 152 valence electrons. The third kappa shape index (κ3) is 3.96. The van der Waals surface area contributed by atoms with Crippen LogP contribution in [0.3, 0.4) is 0 Å². The van der Waals surface area contributed by atoms with Crippen molar-refractivity contribution in [3.05, 3.63) is 70.4 Å². The highest BCUT2D eigenvalue weighted by atomic mass is 19.4. The normalized spacial score (nSPS) is 12.3. The summed E-state index contributed by atoms with van der Waals surface area (Å²) in [6.45, 7) is -0.430. The first-order valence-electron chi connectivity index (χ1n) is 8.00. The van der Waals surface area contributed by atoms with Crippen LogP contribution >= 0.6 is 0 Å². The third-order valence-electron chi connectivity index (χ3n) is 4.29. The molecule has 0 aliphatic rings. The zero-order chi connectivity index (χ0) is 21.6. The van der Waals surface area contributed by atoms with Crippen LogP contribution in [0.2, 0.25) is 0 Å². The minimum Gasteiger partial charge on any atom is -0.478 e. The zero-order valence-electron chi connectivity index (χ0n) is 14.3. The predicted molar refractivity (Wildman–Crippen MR) is 89.8 cm³/mol. The number of aldehydes is 1. The van der Waals surface area contributed by atoms with Gasteiger partial charge in [0.1, 0.15) is 0 Å². The average molecular weight is 415 g/mol. The van der Waals surface area contributed by atoms with Crippen molar-refractivity contribution in [2.45, 2.75) is 18.9 Å². The molecule has 1 heterocycles. The highest BCUT2D eigenvalue weighted by Gasteiger charge is 2.36. The first kappa shape index (κ1) is 20.4. The molecule has 2 aromatic carbocycles. The van der Waals surface area contributed by atoms with Gasteiger partial charge >= 0.3 is 18.3 Å². The number of carbonyl (C=O) groups is 2. The van der Waals surface area contributed by atoms with Gasteiger partial charge in [-0.3, -0.25) is 4.79 Å². The van der Waals surface area contributed by atoms with Gasteiger partial charge in [-0.25, -0.2) is 4.79 Å². The SMILES string of the molecule is O=Cc1cn(Cc2cc(C(F)(F)F)cc(C(F)(F)F)c2)c2cccc(C(=O)O)c12. The lowest BCUT2D eigenvalue weighted by Crippen LogP contribution is -2.12. The van der Waals surface area contributed by atoms with E-state index >= 15 is 0 Å². The Bertz CT molecular complexity index is 1080. The number of halogens is 6. The summed E-state index contributed by atoms with van der Waals surface area (Å²) in [5, 5.41) is 9.33. The number of rotatable bonds is 4. The second kappa shape index (κ2) is 6.94. The van der Waals surface area contributed by atoms with Crippen LogP contribution in [0.1, 0.15) is 37.4 Å². The maximum absolute atomic E-state index is 13.0. The van der Waals surface area contributed by atoms with Crippen LogP contribution < -0.4 is 0 Å². The molecular weight excluding hydrogens is 404 g/mol. The number of carbonyl (C=O) groups excluding carboxylic acids is 1. The molecule has 0 amide bonds. The van der Waals surface area contributed by atoms with E-state index in [1.54, 1.807) is 0 Å². The van der Waals surface area contributed by atoms with Gasteiger partial charge in [0.25, 0.3) is 0 Å². The Labute approximate surface area is 159 Å². The smallest absolute Gasteiger partial charge is 0.416 e. The Hall–Kier alpha value is -3.30. The lowest BCUT2D eigenvalue weighted by Gasteiger charge is -2.15. The van der Waals surface area contributed by atoms with Gasteiger partial charge < -0.3 is 9.67 Å².